The van der Waals surface area contributed by atoms with Crippen LogP contribution < -0.4 is 18.9 Å². The number of hydrogen-bond acceptors (Lipinski definition) is 1. The monoisotopic (exact) mass is 151 g/mol. The van der Waals surface area contributed by atoms with E-state index in [0.29, 0.717) is 5.56 Å². The molecule has 0 atom stereocenters. The van der Waals surface area contributed by atoms with Gasteiger partial charge in [-0.2, -0.15) is 18.6 Å². The molecule has 0 fully saturated rings. The average Bonchev–Trinajstić information content (AvgIpc) is 1.85. The molecule has 0 N–H and O–H groups in total. The van der Waals surface area contributed by atoms with Crippen LogP contribution in [0.2, 0.25) is 0 Å². The molecule has 2 heteroatoms. The van der Waals surface area contributed by atoms with E-state index in [4.69, 9.17) is 5.26 Å². The first-order chi connectivity index (χ1) is 5.15. The first-order valence-corrected chi connectivity index (χ1v) is 3.48. The van der Waals surface area contributed by atoms with Gasteiger partial charge in [0, 0.05) is 6.07 Å². The molecule has 56 valence electrons. The Bertz CT molecular complexity index is 300. The zero-order valence-electron chi connectivity index (χ0n) is 7.81. The zero-order chi connectivity index (χ0) is 8.43. The molecule has 0 radical (unpaired) electrons. The van der Waals surface area contributed by atoms with E-state index in [0.717, 1.165) is 16.7 Å². The molecule has 1 rings (SSSR count). The summed E-state index contributed by atoms with van der Waals surface area (Å²) in [6, 6.07) is 6.04. The van der Waals surface area contributed by atoms with E-state index in [1.165, 1.54) is 0 Å². The van der Waals surface area contributed by atoms with Gasteiger partial charge < -0.3 is 0 Å². The standard InChI is InChI=1S/C10H10N.Li/c1-7-4-8(2)10(6-11)9(3)5-7;/h4-5H,2H2,1,3H3;/q-1;+1. The number of hydrogen-bond donors (Lipinski definition) is 0. The van der Waals surface area contributed by atoms with Crippen LogP contribution in [0.5, 0.6) is 0 Å². The zero-order valence-corrected chi connectivity index (χ0v) is 7.81. The van der Waals surface area contributed by atoms with Crippen LogP contribution in [0.25, 0.3) is 0 Å². The third kappa shape index (κ3) is 2.08. The van der Waals surface area contributed by atoms with Crippen LogP contribution in [0.4, 0.5) is 0 Å². The van der Waals surface area contributed by atoms with Gasteiger partial charge in [0.2, 0.25) is 0 Å². The molecular weight excluding hydrogens is 141 g/mol. The quantitative estimate of drug-likeness (QED) is 0.357. The normalized spacial score (nSPS) is 8.42. The predicted molar refractivity (Wildman–Crippen MR) is 45.1 cm³/mol. The van der Waals surface area contributed by atoms with Crippen LogP contribution in [-0.2, 0) is 0 Å². The predicted octanol–water partition coefficient (Wildman–Crippen LogP) is -0.639. The van der Waals surface area contributed by atoms with Crippen LogP contribution in [0.15, 0.2) is 12.1 Å². The van der Waals surface area contributed by atoms with Gasteiger partial charge in [0.05, 0.1) is 0 Å². The molecule has 1 aromatic rings. The van der Waals surface area contributed by atoms with Crippen molar-refractivity contribution in [1.82, 2.24) is 0 Å². The minimum atomic E-state index is 0. The Labute approximate surface area is 85.6 Å². The number of nitriles is 1. The van der Waals surface area contributed by atoms with Gasteiger partial charge in [-0.05, 0) is 5.56 Å². The van der Waals surface area contributed by atoms with E-state index >= 15 is 0 Å². The van der Waals surface area contributed by atoms with Crippen LogP contribution in [0, 0.1) is 32.1 Å². The van der Waals surface area contributed by atoms with Crippen molar-refractivity contribution in [3.8, 4) is 6.07 Å². The smallest absolute Gasteiger partial charge is 0.208 e. The van der Waals surface area contributed by atoms with Crippen molar-refractivity contribution in [3.63, 3.8) is 0 Å². The number of rotatable bonds is 0. The molecule has 0 saturated carbocycles. The van der Waals surface area contributed by atoms with Gasteiger partial charge in [0.25, 0.3) is 0 Å². The molecule has 0 bridgehead atoms. The van der Waals surface area contributed by atoms with E-state index in [1.807, 2.05) is 26.0 Å². The van der Waals surface area contributed by atoms with E-state index in [2.05, 4.69) is 13.0 Å². The maximum Gasteiger partial charge on any atom is 1.00 e. The van der Waals surface area contributed by atoms with Crippen molar-refractivity contribution in [2.75, 3.05) is 0 Å². The molecule has 12 heavy (non-hydrogen) atoms. The maximum atomic E-state index is 8.70. The van der Waals surface area contributed by atoms with Crippen LogP contribution >= 0.6 is 0 Å². The number of aryl methyl sites for hydroxylation is 2. The minimum Gasteiger partial charge on any atom is -0.208 e. The fraction of sp³-hybridized carbons (Fsp3) is 0.200. The Balaban J connectivity index is 0.00000121. The Morgan fingerprint density at radius 1 is 1.33 bits per heavy atom. The summed E-state index contributed by atoms with van der Waals surface area (Å²) in [5, 5.41) is 8.70. The third-order valence-electron chi connectivity index (χ3n) is 1.67. The maximum absolute atomic E-state index is 8.70. The molecule has 0 heterocycles. The van der Waals surface area contributed by atoms with Gasteiger partial charge in [-0.3, -0.25) is 0 Å². The first-order valence-electron chi connectivity index (χ1n) is 3.48. The molecule has 0 unspecified atom stereocenters. The van der Waals surface area contributed by atoms with E-state index in [-0.39, 0.29) is 18.9 Å². The van der Waals surface area contributed by atoms with Gasteiger partial charge in [0.15, 0.2) is 0 Å². The first kappa shape index (κ1) is 11.2. The van der Waals surface area contributed by atoms with Gasteiger partial charge in [-0.15, -0.1) is 5.56 Å². The van der Waals surface area contributed by atoms with Crippen molar-refractivity contribution < 1.29 is 18.9 Å². The van der Waals surface area contributed by atoms with Crippen molar-refractivity contribution in [3.05, 3.63) is 41.3 Å². The SMILES string of the molecule is [CH2-]c1cc(C)cc(C)c1C#N.[Li+]. The van der Waals surface area contributed by atoms with Crippen molar-refractivity contribution >= 4 is 0 Å². The summed E-state index contributed by atoms with van der Waals surface area (Å²) in [5.41, 5.74) is 3.70. The van der Waals surface area contributed by atoms with Crippen molar-refractivity contribution in [2.24, 2.45) is 0 Å². The Morgan fingerprint density at radius 3 is 2.33 bits per heavy atom. The summed E-state index contributed by atoms with van der Waals surface area (Å²) >= 11 is 0. The van der Waals surface area contributed by atoms with Crippen LogP contribution in [0.3, 0.4) is 0 Å². The Kier molecular flexibility index (Phi) is 3.97. The molecule has 1 aromatic carbocycles. The summed E-state index contributed by atoms with van der Waals surface area (Å²) in [4.78, 5) is 0. The molecule has 0 aliphatic carbocycles. The topological polar surface area (TPSA) is 23.8 Å². The molecule has 0 saturated heterocycles. The van der Waals surface area contributed by atoms with E-state index in [9.17, 15) is 0 Å². The van der Waals surface area contributed by atoms with Gasteiger partial charge in [-0.25, -0.2) is 5.26 Å². The van der Waals surface area contributed by atoms with Crippen LogP contribution in [0.1, 0.15) is 22.3 Å². The molecule has 0 aliphatic rings. The molecular formula is C10H10LiN. The third-order valence-corrected chi connectivity index (χ3v) is 1.67. The second-order valence-corrected chi connectivity index (χ2v) is 2.73. The molecule has 0 amide bonds. The second kappa shape index (κ2) is 4.26. The number of nitrogens with zero attached hydrogens (tertiary/aromatic N) is 1. The van der Waals surface area contributed by atoms with Crippen molar-refractivity contribution in [2.45, 2.75) is 13.8 Å². The van der Waals surface area contributed by atoms with Gasteiger partial charge in [0.1, 0.15) is 0 Å². The summed E-state index contributed by atoms with van der Waals surface area (Å²) in [6.45, 7) is 7.72. The second-order valence-electron chi connectivity index (χ2n) is 2.73. The summed E-state index contributed by atoms with van der Waals surface area (Å²) in [5.74, 6) is 0. The molecule has 0 spiro atoms. The molecule has 1 nitrogen and oxygen atoms in total. The number of benzene rings is 1. The molecule has 0 aromatic heterocycles. The molecule has 0 aliphatic heterocycles. The summed E-state index contributed by atoms with van der Waals surface area (Å²) in [7, 11) is 0. The van der Waals surface area contributed by atoms with Crippen molar-refractivity contribution in [1.29, 1.82) is 5.26 Å². The van der Waals surface area contributed by atoms with E-state index < -0.39 is 0 Å². The fourth-order valence-electron chi connectivity index (χ4n) is 1.22. The fourth-order valence-corrected chi connectivity index (χ4v) is 1.22. The van der Waals surface area contributed by atoms with Gasteiger partial charge >= 0.3 is 18.9 Å². The van der Waals surface area contributed by atoms with Crippen LogP contribution in [-0.4, -0.2) is 0 Å². The summed E-state index contributed by atoms with van der Waals surface area (Å²) in [6.07, 6.45) is 0. The van der Waals surface area contributed by atoms with E-state index in [1.54, 1.807) is 0 Å². The average molecular weight is 151 g/mol. The minimum absolute atomic E-state index is 0. The van der Waals surface area contributed by atoms with Gasteiger partial charge in [-0.1, -0.05) is 25.5 Å². The largest absolute Gasteiger partial charge is 1.00 e. The Morgan fingerprint density at radius 2 is 1.92 bits per heavy atom. The Hall–Kier alpha value is -0.823. The summed E-state index contributed by atoms with van der Waals surface area (Å²) < 4.78 is 0.